The Kier molecular flexibility index (Phi) is 5.49. The molecule has 1 aliphatic heterocycles. The molecule has 0 bridgehead atoms. The van der Waals surface area contributed by atoms with E-state index in [1.54, 1.807) is 6.07 Å². The molecule has 2 aromatic rings. The van der Waals surface area contributed by atoms with Gasteiger partial charge in [-0.15, -0.1) is 0 Å². The second-order valence-corrected chi connectivity index (χ2v) is 6.67. The Morgan fingerprint density at radius 3 is 2.58 bits per heavy atom. The highest BCUT2D eigenvalue weighted by Crippen LogP contribution is 2.26. The average Bonchev–Trinajstić information content (AvgIpc) is 2.88. The van der Waals surface area contributed by atoms with Crippen LogP contribution >= 0.6 is 0 Å². The normalized spacial score (nSPS) is 15.3. The van der Waals surface area contributed by atoms with Gasteiger partial charge < -0.3 is 4.90 Å². The smallest absolute Gasteiger partial charge is 0.270 e. The Labute approximate surface area is 153 Å². The molecule has 1 saturated heterocycles. The fraction of sp³-hybridized carbons (Fsp3) is 0.350. The largest absolute Gasteiger partial charge is 0.369 e. The van der Waals surface area contributed by atoms with Crippen LogP contribution in [0.15, 0.2) is 42.5 Å². The average molecular weight is 350 g/mol. The van der Waals surface area contributed by atoms with Gasteiger partial charge in [0.05, 0.1) is 16.2 Å². The zero-order valence-electron chi connectivity index (χ0n) is 14.9. The fourth-order valence-electron chi connectivity index (χ4n) is 3.32. The van der Waals surface area contributed by atoms with Crippen molar-refractivity contribution >= 4 is 11.4 Å². The van der Waals surface area contributed by atoms with Crippen molar-refractivity contribution in [1.82, 2.24) is 4.90 Å². The van der Waals surface area contributed by atoms with E-state index >= 15 is 0 Å². The monoisotopic (exact) mass is 350 g/mol. The van der Waals surface area contributed by atoms with Gasteiger partial charge in [0.15, 0.2) is 0 Å². The van der Waals surface area contributed by atoms with Gasteiger partial charge in [0.25, 0.3) is 5.69 Å². The number of anilines is 1. The van der Waals surface area contributed by atoms with Crippen LogP contribution in [0.1, 0.15) is 23.1 Å². The van der Waals surface area contributed by atoms with Gasteiger partial charge in [0.1, 0.15) is 6.07 Å². The predicted molar refractivity (Wildman–Crippen MR) is 101 cm³/mol. The first-order valence-electron chi connectivity index (χ1n) is 8.78. The number of aryl methyl sites for hydroxylation is 1. The summed E-state index contributed by atoms with van der Waals surface area (Å²) in [4.78, 5) is 15.0. The number of nitro benzene ring substituents is 1. The van der Waals surface area contributed by atoms with Crippen LogP contribution in [0, 0.1) is 28.4 Å². The summed E-state index contributed by atoms with van der Waals surface area (Å²) in [6.07, 6.45) is 0.994. The second kappa shape index (κ2) is 7.98. The van der Waals surface area contributed by atoms with Gasteiger partial charge in [0, 0.05) is 44.9 Å². The van der Waals surface area contributed by atoms with Crippen molar-refractivity contribution in [2.24, 2.45) is 0 Å². The summed E-state index contributed by atoms with van der Waals surface area (Å²) in [5, 5.41) is 20.3. The van der Waals surface area contributed by atoms with Crippen molar-refractivity contribution < 1.29 is 4.92 Å². The first-order valence-corrected chi connectivity index (χ1v) is 8.78. The van der Waals surface area contributed by atoms with E-state index in [0.29, 0.717) is 5.56 Å². The number of nitro groups is 1. The molecule has 0 N–H and O–H groups in total. The molecular weight excluding hydrogens is 328 g/mol. The SMILES string of the molecule is Cc1ccc(CN2CCCN(c3ccc([N+](=O)[O-])cc3C#N)CC2)cc1. The van der Waals surface area contributed by atoms with E-state index in [9.17, 15) is 15.4 Å². The Morgan fingerprint density at radius 2 is 1.88 bits per heavy atom. The summed E-state index contributed by atoms with van der Waals surface area (Å²) in [5.41, 5.74) is 3.68. The highest BCUT2D eigenvalue weighted by molar-refractivity contribution is 5.63. The molecule has 26 heavy (non-hydrogen) atoms. The lowest BCUT2D eigenvalue weighted by Crippen LogP contribution is -2.30. The number of nitriles is 1. The van der Waals surface area contributed by atoms with Crippen LogP contribution in [0.3, 0.4) is 0 Å². The second-order valence-electron chi connectivity index (χ2n) is 6.67. The number of non-ortho nitro benzene ring substituents is 1. The maximum Gasteiger partial charge on any atom is 0.270 e. The van der Waals surface area contributed by atoms with Crippen molar-refractivity contribution in [2.45, 2.75) is 19.9 Å². The third-order valence-electron chi connectivity index (χ3n) is 4.77. The van der Waals surface area contributed by atoms with Crippen LogP contribution in [0.25, 0.3) is 0 Å². The van der Waals surface area contributed by atoms with Gasteiger partial charge in [-0.25, -0.2) is 0 Å². The van der Waals surface area contributed by atoms with Crippen molar-refractivity contribution in [3.63, 3.8) is 0 Å². The van der Waals surface area contributed by atoms with Gasteiger partial charge in [-0.1, -0.05) is 29.8 Å². The van der Waals surface area contributed by atoms with Crippen molar-refractivity contribution in [3.05, 3.63) is 69.3 Å². The van der Waals surface area contributed by atoms with Crippen LogP contribution < -0.4 is 4.90 Å². The molecule has 0 atom stereocenters. The molecule has 134 valence electrons. The molecule has 3 rings (SSSR count). The number of rotatable bonds is 4. The van der Waals surface area contributed by atoms with Gasteiger partial charge >= 0.3 is 0 Å². The minimum absolute atomic E-state index is 0.0406. The molecule has 0 aliphatic carbocycles. The summed E-state index contributed by atoms with van der Waals surface area (Å²) >= 11 is 0. The van der Waals surface area contributed by atoms with Crippen molar-refractivity contribution in [2.75, 3.05) is 31.1 Å². The van der Waals surface area contributed by atoms with E-state index in [1.165, 1.54) is 23.3 Å². The lowest BCUT2D eigenvalue weighted by Gasteiger charge is -2.24. The molecule has 1 fully saturated rings. The number of hydrogen-bond donors (Lipinski definition) is 0. The molecule has 2 aromatic carbocycles. The van der Waals surface area contributed by atoms with E-state index < -0.39 is 4.92 Å². The number of hydrogen-bond acceptors (Lipinski definition) is 5. The first-order chi connectivity index (χ1) is 12.6. The van der Waals surface area contributed by atoms with E-state index in [0.717, 1.165) is 44.8 Å². The molecule has 0 radical (unpaired) electrons. The molecule has 1 aliphatic rings. The van der Waals surface area contributed by atoms with Crippen LogP contribution in [0.4, 0.5) is 11.4 Å². The van der Waals surface area contributed by atoms with Gasteiger partial charge in [-0.05, 0) is 25.0 Å². The van der Waals surface area contributed by atoms with Crippen molar-refractivity contribution in [1.29, 1.82) is 5.26 Å². The lowest BCUT2D eigenvalue weighted by atomic mass is 10.1. The van der Waals surface area contributed by atoms with Crippen LogP contribution in [0.5, 0.6) is 0 Å². The van der Waals surface area contributed by atoms with Crippen LogP contribution in [0.2, 0.25) is 0 Å². The lowest BCUT2D eigenvalue weighted by molar-refractivity contribution is -0.384. The van der Waals surface area contributed by atoms with E-state index in [2.05, 4.69) is 47.1 Å². The molecule has 0 saturated carbocycles. The highest BCUT2D eigenvalue weighted by Gasteiger charge is 2.19. The summed E-state index contributed by atoms with van der Waals surface area (Å²) in [7, 11) is 0. The first kappa shape index (κ1) is 17.9. The molecule has 0 aromatic heterocycles. The molecule has 0 spiro atoms. The number of nitrogens with zero attached hydrogens (tertiary/aromatic N) is 4. The molecular formula is C20H22N4O2. The summed E-state index contributed by atoms with van der Waals surface area (Å²) < 4.78 is 0. The van der Waals surface area contributed by atoms with Crippen LogP contribution in [-0.2, 0) is 6.54 Å². The molecule has 1 heterocycles. The Bertz CT molecular complexity index is 827. The topological polar surface area (TPSA) is 73.4 Å². The minimum Gasteiger partial charge on any atom is -0.369 e. The Hall–Kier alpha value is -2.91. The fourth-order valence-corrected chi connectivity index (χ4v) is 3.32. The summed E-state index contributed by atoms with van der Waals surface area (Å²) in [5.74, 6) is 0. The molecule has 6 heteroatoms. The van der Waals surface area contributed by atoms with Gasteiger partial charge in [0.2, 0.25) is 0 Å². The molecule has 0 unspecified atom stereocenters. The van der Waals surface area contributed by atoms with Gasteiger partial charge in [-0.3, -0.25) is 15.0 Å². The third-order valence-corrected chi connectivity index (χ3v) is 4.77. The number of benzene rings is 2. The molecule has 0 amide bonds. The standard InChI is InChI=1S/C20H22N4O2/c1-16-3-5-17(6-4-16)15-22-9-2-10-23(12-11-22)20-8-7-19(24(25)26)13-18(20)14-21/h3-8,13H,2,9-12,15H2,1H3. The van der Waals surface area contributed by atoms with E-state index in [4.69, 9.17) is 0 Å². The van der Waals surface area contributed by atoms with Gasteiger partial charge in [-0.2, -0.15) is 5.26 Å². The Morgan fingerprint density at radius 1 is 1.12 bits per heavy atom. The maximum atomic E-state index is 10.9. The third kappa shape index (κ3) is 4.19. The summed E-state index contributed by atoms with van der Waals surface area (Å²) in [6.45, 7) is 6.55. The zero-order valence-corrected chi connectivity index (χ0v) is 14.9. The Balaban J connectivity index is 1.69. The van der Waals surface area contributed by atoms with E-state index in [-0.39, 0.29) is 5.69 Å². The zero-order chi connectivity index (χ0) is 18.5. The summed E-state index contributed by atoms with van der Waals surface area (Å²) in [6, 6.07) is 15.3. The predicted octanol–water partition coefficient (Wildman–Crippen LogP) is 3.49. The highest BCUT2D eigenvalue weighted by atomic mass is 16.6. The maximum absolute atomic E-state index is 10.9. The van der Waals surface area contributed by atoms with Crippen LogP contribution in [-0.4, -0.2) is 36.0 Å². The quantitative estimate of drug-likeness (QED) is 0.623. The van der Waals surface area contributed by atoms with Crippen molar-refractivity contribution in [3.8, 4) is 6.07 Å². The molecule has 6 nitrogen and oxygen atoms in total. The van der Waals surface area contributed by atoms with E-state index in [1.807, 2.05) is 0 Å². The minimum atomic E-state index is -0.462.